The Morgan fingerprint density at radius 3 is 2.67 bits per heavy atom. The van der Waals surface area contributed by atoms with Crippen molar-refractivity contribution < 1.29 is 9.18 Å². The molecule has 0 spiro atoms. The van der Waals surface area contributed by atoms with Crippen LogP contribution >= 0.6 is 11.3 Å². The minimum absolute atomic E-state index is 0.157. The summed E-state index contributed by atoms with van der Waals surface area (Å²) in [6.45, 7) is 7.97. The van der Waals surface area contributed by atoms with Crippen molar-refractivity contribution in [2.75, 3.05) is 5.32 Å². The molecular formula is C20H23FN4OS. The highest BCUT2D eigenvalue weighted by atomic mass is 32.1. The van der Waals surface area contributed by atoms with Gasteiger partial charge in [-0.15, -0.1) is 0 Å². The average Bonchev–Trinajstić information content (AvgIpc) is 3.15. The summed E-state index contributed by atoms with van der Waals surface area (Å²) >= 11 is 1.26. The van der Waals surface area contributed by atoms with Gasteiger partial charge in [-0.3, -0.25) is 4.79 Å². The monoisotopic (exact) mass is 386 g/mol. The van der Waals surface area contributed by atoms with Crippen LogP contribution in [0.2, 0.25) is 0 Å². The second-order valence-corrected chi connectivity index (χ2v) is 7.49. The van der Waals surface area contributed by atoms with Gasteiger partial charge in [0, 0.05) is 5.69 Å². The molecule has 0 fully saturated rings. The summed E-state index contributed by atoms with van der Waals surface area (Å²) in [5.41, 5.74) is 4.04. The van der Waals surface area contributed by atoms with Gasteiger partial charge in [0.2, 0.25) is 5.13 Å². The van der Waals surface area contributed by atoms with Crippen molar-refractivity contribution in [2.24, 2.45) is 0 Å². The fourth-order valence-corrected chi connectivity index (χ4v) is 3.97. The minimum atomic E-state index is -0.465. The Bertz CT molecular complexity index is 977. The van der Waals surface area contributed by atoms with Crippen molar-refractivity contribution in [3.05, 3.63) is 57.6 Å². The van der Waals surface area contributed by atoms with Crippen LogP contribution in [-0.4, -0.2) is 20.7 Å². The van der Waals surface area contributed by atoms with Gasteiger partial charge in [-0.2, -0.15) is 5.10 Å². The van der Waals surface area contributed by atoms with Gasteiger partial charge in [0.25, 0.3) is 5.91 Å². The topological polar surface area (TPSA) is 59.8 Å². The van der Waals surface area contributed by atoms with Crippen LogP contribution in [0, 0.1) is 26.6 Å². The smallest absolute Gasteiger partial charge is 0.267 e. The van der Waals surface area contributed by atoms with Crippen LogP contribution < -0.4 is 5.32 Å². The maximum Gasteiger partial charge on any atom is 0.267 e. The second-order valence-electron chi connectivity index (χ2n) is 6.51. The molecule has 27 heavy (non-hydrogen) atoms. The van der Waals surface area contributed by atoms with Crippen molar-refractivity contribution >= 4 is 22.9 Å². The maximum absolute atomic E-state index is 13.8. The molecule has 1 aromatic carbocycles. The number of nitrogens with zero attached hydrogens (tertiary/aromatic N) is 3. The molecule has 0 aliphatic carbocycles. The lowest BCUT2D eigenvalue weighted by Gasteiger charge is -2.04. The summed E-state index contributed by atoms with van der Waals surface area (Å²) in [6.07, 6.45) is 3.22. The number of aryl methyl sites for hydroxylation is 2. The van der Waals surface area contributed by atoms with Crippen molar-refractivity contribution in [3.63, 3.8) is 0 Å². The highest BCUT2D eigenvalue weighted by Gasteiger charge is 2.20. The Labute approximate surface area is 162 Å². The zero-order valence-corrected chi connectivity index (χ0v) is 16.8. The van der Waals surface area contributed by atoms with Crippen LogP contribution in [-0.2, 0) is 6.42 Å². The summed E-state index contributed by atoms with van der Waals surface area (Å²) in [5.74, 6) is -0.832. The Kier molecular flexibility index (Phi) is 5.70. The van der Waals surface area contributed by atoms with E-state index in [9.17, 15) is 9.18 Å². The lowest BCUT2D eigenvalue weighted by Crippen LogP contribution is -2.12. The number of para-hydroxylation sites is 1. The molecular weight excluding hydrogens is 363 g/mol. The van der Waals surface area contributed by atoms with E-state index in [1.54, 1.807) is 23.7 Å². The van der Waals surface area contributed by atoms with E-state index in [2.05, 4.69) is 22.3 Å². The quantitative estimate of drug-likeness (QED) is 0.649. The predicted molar refractivity (Wildman–Crippen MR) is 106 cm³/mol. The van der Waals surface area contributed by atoms with Crippen molar-refractivity contribution in [1.82, 2.24) is 14.8 Å². The Morgan fingerprint density at radius 2 is 1.96 bits per heavy atom. The first-order valence-electron chi connectivity index (χ1n) is 9.01. The minimum Gasteiger partial charge on any atom is -0.319 e. The largest absolute Gasteiger partial charge is 0.319 e. The van der Waals surface area contributed by atoms with Crippen LogP contribution in [0.1, 0.15) is 52.1 Å². The van der Waals surface area contributed by atoms with Gasteiger partial charge >= 0.3 is 0 Å². The zero-order chi connectivity index (χ0) is 19.6. The van der Waals surface area contributed by atoms with Gasteiger partial charge in [-0.25, -0.2) is 14.1 Å². The molecule has 7 heteroatoms. The molecule has 3 aromatic rings. The fourth-order valence-electron chi connectivity index (χ4n) is 3.00. The number of carbonyl (C=O) groups is 1. The van der Waals surface area contributed by atoms with Gasteiger partial charge in [-0.05, 0) is 51.3 Å². The number of unbranched alkanes of at least 4 members (excludes halogenated alkanes) is 1. The number of nitrogens with one attached hydrogen (secondary N) is 1. The molecule has 2 heterocycles. The van der Waals surface area contributed by atoms with Crippen molar-refractivity contribution in [2.45, 2.75) is 47.0 Å². The maximum atomic E-state index is 13.8. The lowest BCUT2D eigenvalue weighted by molar-refractivity contribution is 0.102. The number of benzene rings is 1. The lowest BCUT2D eigenvalue weighted by atomic mass is 10.1. The molecule has 3 rings (SSSR count). The Balaban J connectivity index is 1.89. The van der Waals surface area contributed by atoms with Crippen LogP contribution in [0.25, 0.3) is 5.13 Å². The third-order valence-electron chi connectivity index (χ3n) is 4.52. The number of carbonyl (C=O) groups excluding carboxylic acids is 1. The number of thiazole rings is 1. The van der Waals surface area contributed by atoms with Crippen molar-refractivity contribution in [1.29, 1.82) is 0 Å². The number of hydrogen-bond donors (Lipinski definition) is 1. The molecule has 1 amide bonds. The van der Waals surface area contributed by atoms with Crippen molar-refractivity contribution in [3.8, 4) is 5.13 Å². The molecule has 0 saturated heterocycles. The van der Waals surface area contributed by atoms with Crippen LogP contribution in [0.5, 0.6) is 0 Å². The summed E-state index contributed by atoms with van der Waals surface area (Å²) in [4.78, 5) is 17.6. The molecule has 0 bridgehead atoms. The molecule has 0 aliphatic heterocycles. The Hall–Kier alpha value is -2.54. The number of anilines is 1. The molecule has 0 saturated carbocycles. The zero-order valence-electron chi connectivity index (χ0n) is 16.0. The summed E-state index contributed by atoms with van der Waals surface area (Å²) in [5, 5.41) is 7.88. The molecule has 0 atom stereocenters. The molecule has 0 aliphatic rings. The van der Waals surface area contributed by atoms with E-state index >= 15 is 0 Å². The van der Waals surface area contributed by atoms with E-state index in [0.717, 1.165) is 30.7 Å². The van der Waals surface area contributed by atoms with Gasteiger partial charge in [0.1, 0.15) is 10.7 Å². The first-order chi connectivity index (χ1) is 12.9. The number of amides is 1. The molecule has 1 N–H and O–H groups in total. The molecule has 0 radical (unpaired) electrons. The summed E-state index contributed by atoms with van der Waals surface area (Å²) in [7, 11) is 0. The number of aromatic nitrogens is 3. The van der Waals surface area contributed by atoms with E-state index in [-0.39, 0.29) is 11.6 Å². The van der Waals surface area contributed by atoms with Gasteiger partial charge in [0.05, 0.1) is 17.1 Å². The van der Waals surface area contributed by atoms with E-state index in [1.807, 2.05) is 13.8 Å². The average molecular weight is 386 g/mol. The first-order valence-corrected chi connectivity index (χ1v) is 9.82. The fraction of sp³-hybridized carbons (Fsp3) is 0.350. The standard InChI is InChI=1S/C20H23FN4OS/c1-5-6-9-15-12(2)24-25(14(15)4)20-22-13(3)18(27-20)19(26)23-17-11-8-7-10-16(17)21/h7-8,10-11H,5-6,9H2,1-4H3,(H,23,26). The molecule has 2 aromatic heterocycles. The van der Waals surface area contributed by atoms with E-state index < -0.39 is 5.82 Å². The van der Waals surface area contributed by atoms with Gasteiger partial charge < -0.3 is 5.32 Å². The summed E-state index contributed by atoms with van der Waals surface area (Å²) in [6, 6.07) is 6.11. The molecule has 142 valence electrons. The van der Waals surface area contributed by atoms with E-state index in [1.165, 1.54) is 29.0 Å². The molecule has 0 unspecified atom stereocenters. The SMILES string of the molecule is CCCCc1c(C)nn(-c2nc(C)c(C(=O)Nc3ccccc3F)s2)c1C. The van der Waals surface area contributed by atoms with Gasteiger partial charge in [-0.1, -0.05) is 36.8 Å². The van der Waals surface area contributed by atoms with Crippen LogP contribution in [0.3, 0.4) is 0 Å². The highest BCUT2D eigenvalue weighted by molar-refractivity contribution is 7.16. The number of halogens is 1. The first kappa shape index (κ1) is 19.2. The summed E-state index contributed by atoms with van der Waals surface area (Å²) < 4.78 is 15.6. The van der Waals surface area contributed by atoms with E-state index in [4.69, 9.17) is 0 Å². The van der Waals surface area contributed by atoms with Gasteiger partial charge in [0.15, 0.2) is 0 Å². The number of rotatable bonds is 6. The normalized spacial score (nSPS) is 11.0. The van der Waals surface area contributed by atoms with Crippen LogP contribution in [0.4, 0.5) is 10.1 Å². The molecule has 5 nitrogen and oxygen atoms in total. The highest BCUT2D eigenvalue weighted by Crippen LogP contribution is 2.26. The van der Waals surface area contributed by atoms with E-state index in [0.29, 0.717) is 15.7 Å². The Morgan fingerprint density at radius 1 is 1.22 bits per heavy atom. The third-order valence-corrected chi connectivity index (χ3v) is 5.65. The predicted octanol–water partition coefficient (Wildman–Crippen LogP) is 4.99. The third kappa shape index (κ3) is 3.93. The van der Waals surface area contributed by atoms with Crippen LogP contribution in [0.15, 0.2) is 24.3 Å². The number of hydrogen-bond acceptors (Lipinski definition) is 4. The second kappa shape index (κ2) is 8.00.